The Bertz CT molecular complexity index is 1500. The third-order valence-corrected chi connectivity index (χ3v) is 11.0. The number of fused-ring (bicyclic) bond motifs is 1. The highest BCUT2D eigenvalue weighted by Crippen LogP contribution is 2.40. The molecule has 1 saturated heterocycles. The van der Waals surface area contributed by atoms with Crippen molar-refractivity contribution in [1.82, 2.24) is 20.2 Å². The van der Waals surface area contributed by atoms with Gasteiger partial charge in [-0.3, -0.25) is 14.4 Å². The molecule has 4 N–H and O–H groups in total. The molecule has 0 spiro atoms. The summed E-state index contributed by atoms with van der Waals surface area (Å²) in [4.78, 5) is 54.4. The molecule has 50 heavy (non-hydrogen) atoms. The molecule has 2 saturated carbocycles. The van der Waals surface area contributed by atoms with E-state index in [4.69, 9.17) is 20.2 Å². The van der Waals surface area contributed by atoms with Gasteiger partial charge in [0.1, 0.15) is 29.6 Å². The summed E-state index contributed by atoms with van der Waals surface area (Å²) in [5.41, 5.74) is 8.04. The van der Waals surface area contributed by atoms with Crippen LogP contribution in [0.2, 0.25) is 0 Å². The molecule has 4 aliphatic rings. The van der Waals surface area contributed by atoms with Crippen LogP contribution in [0.4, 0.5) is 23.1 Å². The Morgan fingerprint density at radius 3 is 2.48 bits per heavy atom. The van der Waals surface area contributed by atoms with E-state index >= 15 is 0 Å². The van der Waals surface area contributed by atoms with Crippen molar-refractivity contribution in [3.8, 4) is 5.75 Å². The van der Waals surface area contributed by atoms with Crippen molar-refractivity contribution in [2.75, 3.05) is 55.5 Å². The molecule has 1 aromatic heterocycles. The van der Waals surface area contributed by atoms with Crippen LogP contribution < -0.4 is 30.9 Å². The Morgan fingerprint density at radius 1 is 1.06 bits per heavy atom. The molecule has 0 unspecified atom stereocenters. The number of ether oxygens (including phenoxy) is 2. The number of piperidine rings is 1. The summed E-state index contributed by atoms with van der Waals surface area (Å²) in [5.74, 6) is 1.72. The lowest BCUT2D eigenvalue weighted by molar-refractivity contribution is -0.150. The molecule has 3 heterocycles. The van der Waals surface area contributed by atoms with E-state index in [9.17, 15) is 14.4 Å². The van der Waals surface area contributed by atoms with Gasteiger partial charge in [0.25, 0.3) is 5.91 Å². The van der Waals surface area contributed by atoms with Gasteiger partial charge in [-0.2, -0.15) is 4.98 Å². The van der Waals surface area contributed by atoms with Crippen molar-refractivity contribution >= 4 is 40.9 Å². The van der Waals surface area contributed by atoms with Gasteiger partial charge in [0.2, 0.25) is 11.9 Å². The number of nitrogens with zero attached hydrogens (tertiary/aromatic N) is 5. The van der Waals surface area contributed by atoms with Crippen molar-refractivity contribution in [3.63, 3.8) is 0 Å². The van der Waals surface area contributed by atoms with Crippen molar-refractivity contribution < 1.29 is 23.9 Å². The first-order valence-electron chi connectivity index (χ1n) is 18.6. The monoisotopic (exact) mass is 690 g/mol. The maximum absolute atomic E-state index is 13.2. The third kappa shape index (κ3) is 8.15. The van der Waals surface area contributed by atoms with E-state index in [1.54, 1.807) is 43.5 Å². The maximum Gasteiger partial charge on any atom is 0.323 e. The van der Waals surface area contributed by atoms with Crippen LogP contribution >= 0.6 is 0 Å². The molecule has 2 aromatic rings. The number of methoxy groups -OCH3 is 1. The van der Waals surface area contributed by atoms with Crippen LogP contribution in [0.5, 0.6) is 5.75 Å². The highest BCUT2D eigenvalue weighted by molar-refractivity contribution is 6.04. The second kappa shape index (κ2) is 16.4. The summed E-state index contributed by atoms with van der Waals surface area (Å²) in [6.07, 6.45) is 13.6. The Hall–Kier alpha value is -3.97. The number of likely N-dealkylation sites (tertiary alicyclic amines) is 1. The number of rotatable bonds is 13. The quantitative estimate of drug-likeness (QED) is 0.257. The minimum Gasteiger partial charge on any atom is -0.495 e. The molecule has 0 radical (unpaired) electrons. The zero-order valence-corrected chi connectivity index (χ0v) is 29.9. The van der Waals surface area contributed by atoms with Gasteiger partial charge in [0.15, 0.2) is 5.82 Å². The standard InChI is InChI=1S/C37H54N8O5/c1-4-30-35(47)43(2)31-23-40-37(42-33(31)45(30)26-9-5-6-10-26)41-29-14-13-25(22-32(29)49-3)34(46)39-17-20-44-18-15-24(16-19-44)21-28(38)36(48)50-27-11-7-8-12-27/h13-14,22-24,26-28,30H,4-12,15-21,38H2,1-3H3,(H,39,46)(H,40,41,42)/t28-,30+/m0/s1. The number of anilines is 4. The highest BCUT2D eigenvalue weighted by Gasteiger charge is 2.41. The molecule has 3 fully saturated rings. The fourth-order valence-electron chi connectivity index (χ4n) is 8.09. The molecule has 2 amide bonds. The summed E-state index contributed by atoms with van der Waals surface area (Å²) >= 11 is 0. The molecule has 1 aromatic carbocycles. The number of hydrogen-bond donors (Lipinski definition) is 3. The first kappa shape index (κ1) is 35.8. The number of aromatic nitrogens is 2. The van der Waals surface area contributed by atoms with Gasteiger partial charge < -0.3 is 40.5 Å². The average molecular weight is 691 g/mol. The highest BCUT2D eigenvalue weighted by atomic mass is 16.5. The van der Waals surface area contributed by atoms with Crippen molar-refractivity contribution in [2.24, 2.45) is 11.7 Å². The van der Waals surface area contributed by atoms with E-state index in [-0.39, 0.29) is 36.0 Å². The van der Waals surface area contributed by atoms with Gasteiger partial charge >= 0.3 is 5.97 Å². The molecule has 2 atom stereocenters. The Morgan fingerprint density at radius 2 is 1.78 bits per heavy atom. The van der Waals surface area contributed by atoms with Crippen LogP contribution in [0, 0.1) is 5.92 Å². The Balaban J connectivity index is 1.00. The minimum absolute atomic E-state index is 0.0505. The molecule has 2 aliphatic carbocycles. The lowest BCUT2D eigenvalue weighted by Crippen LogP contribution is -2.55. The molecule has 272 valence electrons. The van der Waals surface area contributed by atoms with Gasteiger partial charge in [0.05, 0.1) is 19.0 Å². The zero-order valence-electron chi connectivity index (χ0n) is 29.9. The number of hydrogen-bond acceptors (Lipinski definition) is 11. The normalized spacial score (nSPS) is 21.3. The van der Waals surface area contributed by atoms with Crippen molar-refractivity contribution in [2.45, 2.75) is 108 Å². The smallest absolute Gasteiger partial charge is 0.323 e. The first-order chi connectivity index (χ1) is 24.2. The fourth-order valence-corrected chi connectivity index (χ4v) is 8.09. The lowest BCUT2D eigenvalue weighted by Gasteiger charge is -2.43. The second-order valence-electron chi connectivity index (χ2n) is 14.3. The summed E-state index contributed by atoms with van der Waals surface area (Å²) < 4.78 is 11.3. The Labute approximate surface area is 295 Å². The average Bonchev–Trinajstić information content (AvgIpc) is 3.86. The lowest BCUT2D eigenvalue weighted by atomic mass is 9.90. The number of amides is 2. The van der Waals surface area contributed by atoms with Crippen LogP contribution in [-0.2, 0) is 14.3 Å². The predicted molar refractivity (Wildman–Crippen MR) is 193 cm³/mol. The van der Waals surface area contributed by atoms with Crippen molar-refractivity contribution in [3.05, 3.63) is 30.0 Å². The summed E-state index contributed by atoms with van der Waals surface area (Å²) in [6.45, 7) is 5.14. The Kier molecular flexibility index (Phi) is 11.7. The first-order valence-corrected chi connectivity index (χ1v) is 18.6. The number of carbonyl (C=O) groups is 3. The largest absolute Gasteiger partial charge is 0.495 e. The van der Waals surface area contributed by atoms with Crippen LogP contribution in [-0.4, -0.2) is 97.2 Å². The van der Waals surface area contributed by atoms with Gasteiger partial charge in [-0.1, -0.05) is 19.8 Å². The molecular formula is C37H54N8O5. The summed E-state index contributed by atoms with van der Waals surface area (Å²) in [7, 11) is 3.36. The SMILES string of the molecule is CC[C@@H]1C(=O)N(C)c2cnc(Nc3ccc(C(=O)NCCN4CCC(C[C@H](N)C(=O)OC5CCCC5)CC4)cc3OC)nc2N1C1CCCC1. The second-order valence-corrected chi connectivity index (χ2v) is 14.3. The van der Waals surface area contributed by atoms with Crippen molar-refractivity contribution in [1.29, 1.82) is 0 Å². The number of nitrogens with one attached hydrogen (secondary N) is 2. The summed E-state index contributed by atoms with van der Waals surface area (Å²) in [6, 6.07) is 4.75. The van der Waals surface area contributed by atoms with Crippen LogP contribution in [0.3, 0.4) is 0 Å². The molecule has 0 bridgehead atoms. The molecule has 6 rings (SSSR count). The minimum atomic E-state index is -0.551. The van der Waals surface area contributed by atoms with Gasteiger partial charge in [0, 0.05) is 31.7 Å². The van der Waals surface area contributed by atoms with Gasteiger partial charge in [-0.15, -0.1) is 0 Å². The maximum atomic E-state index is 13.2. The predicted octanol–water partition coefficient (Wildman–Crippen LogP) is 4.38. The van der Waals surface area contributed by atoms with Crippen LogP contribution in [0.1, 0.15) is 94.3 Å². The van der Waals surface area contributed by atoms with Crippen LogP contribution in [0.15, 0.2) is 24.4 Å². The van der Waals surface area contributed by atoms with E-state index in [0.29, 0.717) is 53.9 Å². The molecule has 13 nitrogen and oxygen atoms in total. The molecular weight excluding hydrogens is 636 g/mol. The van der Waals surface area contributed by atoms with Gasteiger partial charge in [-0.05, 0) is 101 Å². The number of benzene rings is 1. The van der Waals surface area contributed by atoms with E-state index in [1.807, 2.05) is 6.92 Å². The number of nitrogens with two attached hydrogens (primary N) is 1. The molecule has 2 aliphatic heterocycles. The van der Waals surface area contributed by atoms with Gasteiger partial charge in [-0.25, -0.2) is 4.98 Å². The number of esters is 1. The molecule has 13 heteroatoms. The summed E-state index contributed by atoms with van der Waals surface area (Å²) in [5, 5.41) is 6.33. The van der Waals surface area contributed by atoms with E-state index in [0.717, 1.165) is 89.7 Å². The van der Waals surface area contributed by atoms with Crippen LogP contribution in [0.25, 0.3) is 0 Å². The zero-order chi connectivity index (χ0) is 35.2. The van der Waals surface area contributed by atoms with E-state index < -0.39 is 6.04 Å². The topological polar surface area (TPSA) is 155 Å². The number of likely N-dealkylation sites (N-methyl/N-ethyl adjacent to an activating group) is 1. The third-order valence-electron chi connectivity index (χ3n) is 11.0. The fraction of sp³-hybridized carbons (Fsp3) is 0.649. The van der Waals surface area contributed by atoms with E-state index in [1.165, 1.54) is 0 Å². The van der Waals surface area contributed by atoms with E-state index in [2.05, 4.69) is 25.4 Å². The number of carbonyl (C=O) groups excluding carboxylic acids is 3.